The molecule has 0 saturated heterocycles. The van der Waals surface area contributed by atoms with Crippen molar-refractivity contribution in [3.05, 3.63) is 209 Å². The third kappa shape index (κ3) is 4.27. The lowest BCUT2D eigenvalue weighted by molar-refractivity contribution is 0.371. The number of rotatable bonds is 4. The molecule has 0 amide bonds. The molecule has 9 aromatic rings. The van der Waals surface area contributed by atoms with Crippen LogP contribution in [0.25, 0.3) is 61.1 Å². The summed E-state index contributed by atoms with van der Waals surface area (Å²) < 4.78 is 8.51. The molecule has 56 heavy (non-hydrogen) atoms. The molecule has 6 heteroatoms. The zero-order valence-corrected chi connectivity index (χ0v) is 30.7. The number of aromatic nitrogens is 3. The van der Waals surface area contributed by atoms with Crippen LogP contribution in [0.5, 0.6) is 5.75 Å². The molecule has 0 fully saturated rings. The number of ether oxygens (including phenoxy) is 1. The molecule has 5 nitrogen and oxygen atoms in total. The summed E-state index contributed by atoms with van der Waals surface area (Å²) in [5, 5.41) is 1.10. The fraction of sp³-hybridized carbons (Fsp3) is 0.0200. The number of fused-ring (bicyclic) bond motifs is 12. The normalized spacial score (nSPS) is 14.2. The number of para-hydroxylation sites is 3. The molecule has 12 rings (SSSR count). The van der Waals surface area contributed by atoms with E-state index in [1.807, 2.05) is 47.7 Å². The first-order valence-electron chi connectivity index (χ1n) is 18.8. The molecule has 2 aliphatic carbocycles. The van der Waals surface area contributed by atoms with Gasteiger partial charge in [0.25, 0.3) is 0 Å². The first kappa shape index (κ1) is 31.2. The van der Waals surface area contributed by atoms with Gasteiger partial charge in [0.1, 0.15) is 11.2 Å². The van der Waals surface area contributed by atoms with Gasteiger partial charge < -0.3 is 9.64 Å². The van der Waals surface area contributed by atoms with Gasteiger partial charge in [-0.2, -0.15) is 0 Å². The topological polar surface area (TPSA) is 51.1 Å². The Morgan fingerprint density at radius 2 is 1.02 bits per heavy atom. The highest BCUT2D eigenvalue weighted by molar-refractivity contribution is 7.20. The maximum Gasteiger partial charge on any atom is 0.164 e. The summed E-state index contributed by atoms with van der Waals surface area (Å²) in [4.78, 5) is 19.2. The van der Waals surface area contributed by atoms with E-state index in [4.69, 9.17) is 19.7 Å². The summed E-state index contributed by atoms with van der Waals surface area (Å²) in [6.07, 6.45) is 0. The largest absolute Gasteiger partial charge is 0.456 e. The van der Waals surface area contributed by atoms with E-state index in [1.54, 1.807) is 0 Å². The Labute approximate surface area is 327 Å². The van der Waals surface area contributed by atoms with Crippen LogP contribution in [0.1, 0.15) is 21.6 Å². The molecule has 0 radical (unpaired) electrons. The third-order valence-electron chi connectivity index (χ3n) is 11.3. The van der Waals surface area contributed by atoms with Crippen molar-refractivity contribution in [1.29, 1.82) is 0 Å². The van der Waals surface area contributed by atoms with Crippen LogP contribution >= 0.6 is 11.3 Å². The highest BCUT2D eigenvalue weighted by atomic mass is 32.1. The second-order valence-corrected chi connectivity index (χ2v) is 15.3. The Hall–Kier alpha value is -7.15. The fourth-order valence-electron chi connectivity index (χ4n) is 9.01. The average Bonchev–Trinajstić information content (AvgIpc) is 3.90. The Balaban J connectivity index is 1.22. The van der Waals surface area contributed by atoms with E-state index < -0.39 is 5.41 Å². The molecule has 1 spiro atoms. The maximum atomic E-state index is 7.35. The van der Waals surface area contributed by atoms with Crippen LogP contribution in [-0.4, -0.2) is 15.0 Å². The van der Waals surface area contributed by atoms with E-state index in [2.05, 4.69) is 150 Å². The van der Waals surface area contributed by atoms with Gasteiger partial charge in [0.05, 0.1) is 11.4 Å². The maximum absolute atomic E-state index is 7.35. The smallest absolute Gasteiger partial charge is 0.164 e. The molecule has 262 valence electrons. The van der Waals surface area contributed by atoms with Crippen LogP contribution in [0.3, 0.4) is 0 Å². The predicted molar refractivity (Wildman–Crippen MR) is 226 cm³/mol. The molecule has 3 aliphatic rings. The van der Waals surface area contributed by atoms with Crippen molar-refractivity contribution >= 4 is 38.5 Å². The van der Waals surface area contributed by atoms with Gasteiger partial charge >= 0.3 is 0 Å². The Morgan fingerprint density at radius 3 is 1.68 bits per heavy atom. The SMILES string of the molecule is c1ccc(-c2nc(-c3ccccc3)nc(-c3cccc4sc5c(c34)C3=C(Oc4ccccc4N3c3ccccc3)C53c4ccccc4-c4ccccc43)n2)cc1. The number of nitrogens with zero attached hydrogens (tertiary/aromatic N) is 4. The van der Waals surface area contributed by atoms with E-state index in [9.17, 15) is 0 Å². The van der Waals surface area contributed by atoms with Crippen LogP contribution in [0, 0.1) is 0 Å². The molecule has 0 bridgehead atoms. The van der Waals surface area contributed by atoms with Gasteiger partial charge in [0.2, 0.25) is 0 Å². The quantitative estimate of drug-likeness (QED) is 0.180. The van der Waals surface area contributed by atoms with E-state index in [0.717, 1.165) is 60.9 Å². The summed E-state index contributed by atoms with van der Waals surface area (Å²) in [5.41, 5.74) is 11.3. The summed E-state index contributed by atoms with van der Waals surface area (Å²) >= 11 is 1.84. The van der Waals surface area contributed by atoms with Gasteiger partial charge in [-0.3, -0.25) is 0 Å². The minimum absolute atomic E-state index is 0.627. The first-order chi connectivity index (χ1) is 27.8. The molecule has 3 heterocycles. The molecule has 0 unspecified atom stereocenters. The lowest BCUT2D eigenvalue weighted by Gasteiger charge is -2.37. The van der Waals surface area contributed by atoms with Gasteiger partial charge in [-0.05, 0) is 52.6 Å². The summed E-state index contributed by atoms with van der Waals surface area (Å²) in [5.74, 6) is 3.64. The number of hydrogen-bond acceptors (Lipinski definition) is 6. The van der Waals surface area contributed by atoms with Crippen molar-refractivity contribution in [1.82, 2.24) is 15.0 Å². The second-order valence-electron chi connectivity index (χ2n) is 14.3. The number of thiophene rings is 1. The molecular weight excluding hydrogens is 705 g/mol. The summed E-state index contributed by atoms with van der Waals surface area (Å²) in [6.45, 7) is 0. The van der Waals surface area contributed by atoms with Gasteiger partial charge in [0.15, 0.2) is 23.2 Å². The highest BCUT2D eigenvalue weighted by Gasteiger charge is 2.59. The number of hydrogen-bond donors (Lipinski definition) is 0. The van der Waals surface area contributed by atoms with Crippen molar-refractivity contribution in [3.63, 3.8) is 0 Å². The second kappa shape index (κ2) is 11.9. The van der Waals surface area contributed by atoms with E-state index >= 15 is 0 Å². The Bertz CT molecular complexity index is 2960. The number of allylic oxidation sites excluding steroid dienone is 1. The standard InChI is InChI=1S/C50H30N4OS/c1-4-17-31(18-5-1)47-51-48(32-19-6-2-7-20-32)53-49(52-47)36-25-16-30-41-42(36)43-44-45(55-40-29-15-14-28-39(40)54(44)33-21-8-3-9-22-33)50(46(43)56-41)37-26-12-10-23-34(37)35-24-11-13-27-38(35)50/h1-30H. The summed E-state index contributed by atoms with van der Waals surface area (Å²) in [7, 11) is 0. The fourth-order valence-corrected chi connectivity index (χ4v) is 10.5. The van der Waals surface area contributed by atoms with Gasteiger partial charge in [-0.1, -0.05) is 152 Å². The van der Waals surface area contributed by atoms with Crippen molar-refractivity contribution < 1.29 is 4.74 Å². The van der Waals surface area contributed by atoms with Gasteiger partial charge in [-0.25, -0.2) is 15.0 Å². The van der Waals surface area contributed by atoms with Crippen LogP contribution in [-0.2, 0) is 5.41 Å². The van der Waals surface area contributed by atoms with Gasteiger partial charge in [-0.15, -0.1) is 11.3 Å². The number of benzene rings is 7. The predicted octanol–water partition coefficient (Wildman–Crippen LogP) is 12.3. The highest BCUT2D eigenvalue weighted by Crippen LogP contribution is 2.68. The molecule has 7 aromatic carbocycles. The molecule has 0 atom stereocenters. The molecule has 2 aromatic heterocycles. The zero-order chi connectivity index (χ0) is 36.8. The Morgan fingerprint density at radius 1 is 0.482 bits per heavy atom. The Kier molecular flexibility index (Phi) is 6.65. The zero-order valence-electron chi connectivity index (χ0n) is 29.9. The van der Waals surface area contributed by atoms with Gasteiger partial charge in [0, 0.05) is 42.9 Å². The van der Waals surface area contributed by atoms with Crippen molar-refractivity contribution in [2.24, 2.45) is 0 Å². The number of anilines is 2. The lowest BCUT2D eigenvalue weighted by atomic mass is 9.77. The average molecular weight is 735 g/mol. The van der Waals surface area contributed by atoms with Crippen LogP contribution in [0.2, 0.25) is 0 Å². The third-order valence-corrected chi connectivity index (χ3v) is 12.6. The first-order valence-corrected chi connectivity index (χ1v) is 19.6. The van der Waals surface area contributed by atoms with Crippen molar-refractivity contribution in [2.45, 2.75) is 5.41 Å². The minimum atomic E-state index is -0.692. The van der Waals surface area contributed by atoms with Crippen LogP contribution < -0.4 is 9.64 Å². The van der Waals surface area contributed by atoms with Crippen LogP contribution in [0.15, 0.2) is 188 Å². The van der Waals surface area contributed by atoms with E-state index in [0.29, 0.717) is 17.5 Å². The molecule has 1 aliphatic heterocycles. The van der Waals surface area contributed by atoms with Crippen molar-refractivity contribution in [2.75, 3.05) is 4.90 Å². The molecule has 0 N–H and O–H groups in total. The van der Waals surface area contributed by atoms with E-state index in [-0.39, 0.29) is 0 Å². The molecular formula is C50H30N4OS. The van der Waals surface area contributed by atoms with E-state index in [1.165, 1.54) is 27.1 Å². The van der Waals surface area contributed by atoms with Crippen LogP contribution in [0.4, 0.5) is 11.4 Å². The summed E-state index contributed by atoms with van der Waals surface area (Å²) in [6, 6.07) is 63.7. The van der Waals surface area contributed by atoms with Crippen molar-refractivity contribution in [3.8, 4) is 51.0 Å². The monoisotopic (exact) mass is 734 g/mol. The lowest BCUT2D eigenvalue weighted by Crippen LogP contribution is -2.32. The minimum Gasteiger partial charge on any atom is -0.456 e. The molecule has 0 saturated carbocycles.